The molecule has 0 atom stereocenters. The quantitative estimate of drug-likeness (QED) is 0.513. The SMILES string of the molecule is COCCOc1c(Cl)cc(N)c(C(=O)OC)c1Cl. The minimum atomic E-state index is -0.647. The minimum Gasteiger partial charge on any atom is -0.488 e. The van der Waals surface area contributed by atoms with Crippen LogP contribution < -0.4 is 10.5 Å². The fraction of sp³-hybridized carbons (Fsp3) is 0.364. The van der Waals surface area contributed by atoms with Gasteiger partial charge in [-0.15, -0.1) is 0 Å². The van der Waals surface area contributed by atoms with Crippen LogP contribution in [0.25, 0.3) is 0 Å². The Morgan fingerprint density at radius 2 is 2.00 bits per heavy atom. The van der Waals surface area contributed by atoms with E-state index in [4.69, 9.17) is 38.4 Å². The Kier molecular flexibility index (Phi) is 5.53. The molecule has 100 valence electrons. The van der Waals surface area contributed by atoms with E-state index >= 15 is 0 Å². The number of carbonyl (C=O) groups excluding carboxylic acids is 1. The molecular weight excluding hydrogens is 281 g/mol. The molecule has 0 aliphatic carbocycles. The highest BCUT2D eigenvalue weighted by Crippen LogP contribution is 2.39. The lowest BCUT2D eigenvalue weighted by atomic mass is 10.1. The second-order valence-corrected chi connectivity index (χ2v) is 4.08. The van der Waals surface area contributed by atoms with Crippen LogP contribution in [0.3, 0.4) is 0 Å². The molecule has 0 saturated carbocycles. The molecule has 0 spiro atoms. The fourth-order valence-corrected chi connectivity index (χ4v) is 1.95. The maximum Gasteiger partial charge on any atom is 0.341 e. The minimum absolute atomic E-state index is 0.0305. The van der Waals surface area contributed by atoms with Gasteiger partial charge in [0, 0.05) is 12.8 Å². The van der Waals surface area contributed by atoms with Crippen molar-refractivity contribution in [2.45, 2.75) is 0 Å². The molecule has 18 heavy (non-hydrogen) atoms. The summed E-state index contributed by atoms with van der Waals surface area (Å²) in [5.74, 6) is -0.462. The number of esters is 1. The van der Waals surface area contributed by atoms with Crippen LogP contribution in [-0.2, 0) is 9.47 Å². The Labute approximate surface area is 115 Å². The van der Waals surface area contributed by atoms with E-state index in [1.165, 1.54) is 20.3 Å². The summed E-state index contributed by atoms with van der Waals surface area (Å²) in [4.78, 5) is 11.5. The molecule has 0 bridgehead atoms. The van der Waals surface area contributed by atoms with Gasteiger partial charge in [-0.3, -0.25) is 0 Å². The molecule has 0 heterocycles. The van der Waals surface area contributed by atoms with Gasteiger partial charge in [0.05, 0.1) is 18.7 Å². The maximum absolute atomic E-state index is 11.5. The van der Waals surface area contributed by atoms with Gasteiger partial charge in [-0.1, -0.05) is 23.2 Å². The first-order chi connectivity index (χ1) is 8.52. The molecule has 1 aromatic rings. The highest BCUT2D eigenvalue weighted by atomic mass is 35.5. The largest absolute Gasteiger partial charge is 0.488 e. The Hall–Kier alpha value is -1.17. The summed E-state index contributed by atoms with van der Waals surface area (Å²) in [6.07, 6.45) is 0. The average Bonchev–Trinajstić information content (AvgIpc) is 2.32. The Balaban J connectivity index is 3.14. The number of nitrogens with two attached hydrogens (primary N) is 1. The van der Waals surface area contributed by atoms with Gasteiger partial charge in [0.1, 0.15) is 17.2 Å². The number of nitrogen functional groups attached to an aromatic ring is 1. The second kappa shape index (κ2) is 6.68. The van der Waals surface area contributed by atoms with E-state index in [-0.39, 0.29) is 33.7 Å². The van der Waals surface area contributed by atoms with E-state index in [2.05, 4.69) is 4.74 Å². The Morgan fingerprint density at radius 1 is 1.33 bits per heavy atom. The second-order valence-electron chi connectivity index (χ2n) is 3.30. The van der Waals surface area contributed by atoms with Crippen LogP contribution in [0, 0.1) is 0 Å². The third-order valence-corrected chi connectivity index (χ3v) is 2.77. The molecule has 0 aliphatic rings. The number of hydrogen-bond acceptors (Lipinski definition) is 5. The lowest BCUT2D eigenvalue weighted by Crippen LogP contribution is -2.10. The summed E-state index contributed by atoms with van der Waals surface area (Å²) in [5, 5.41) is 0.254. The normalized spacial score (nSPS) is 10.2. The molecule has 1 rings (SSSR count). The number of ether oxygens (including phenoxy) is 3. The van der Waals surface area contributed by atoms with Crippen LogP contribution in [0.2, 0.25) is 10.0 Å². The van der Waals surface area contributed by atoms with E-state index in [1.807, 2.05) is 0 Å². The van der Waals surface area contributed by atoms with Crippen LogP contribution >= 0.6 is 23.2 Å². The van der Waals surface area contributed by atoms with Crippen molar-refractivity contribution >= 4 is 34.9 Å². The molecule has 0 aliphatic heterocycles. The summed E-state index contributed by atoms with van der Waals surface area (Å²) >= 11 is 12.0. The first-order valence-electron chi connectivity index (χ1n) is 5.00. The van der Waals surface area contributed by atoms with E-state index in [0.29, 0.717) is 6.61 Å². The molecular formula is C11H13Cl2NO4. The van der Waals surface area contributed by atoms with Gasteiger partial charge in [-0.05, 0) is 6.07 Å². The van der Waals surface area contributed by atoms with E-state index in [1.54, 1.807) is 0 Å². The van der Waals surface area contributed by atoms with Crippen molar-refractivity contribution < 1.29 is 19.0 Å². The zero-order chi connectivity index (χ0) is 13.7. The van der Waals surface area contributed by atoms with Gasteiger partial charge in [-0.25, -0.2) is 4.79 Å². The molecule has 0 fully saturated rings. The van der Waals surface area contributed by atoms with Crippen LogP contribution in [0.4, 0.5) is 5.69 Å². The number of anilines is 1. The Bertz CT molecular complexity index is 451. The van der Waals surface area contributed by atoms with Crippen LogP contribution in [0.15, 0.2) is 6.07 Å². The van der Waals surface area contributed by atoms with E-state index < -0.39 is 5.97 Å². The molecule has 0 amide bonds. The van der Waals surface area contributed by atoms with Crippen molar-refractivity contribution in [2.75, 3.05) is 33.2 Å². The van der Waals surface area contributed by atoms with Gasteiger partial charge in [0.2, 0.25) is 0 Å². The predicted molar refractivity (Wildman–Crippen MR) is 69.6 cm³/mol. The molecule has 0 radical (unpaired) electrons. The molecule has 0 aromatic heterocycles. The van der Waals surface area contributed by atoms with Crippen molar-refractivity contribution in [1.82, 2.24) is 0 Å². The van der Waals surface area contributed by atoms with Gasteiger partial charge >= 0.3 is 5.97 Å². The van der Waals surface area contributed by atoms with E-state index in [9.17, 15) is 4.79 Å². The average molecular weight is 294 g/mol. The first kappa shape index (κ1) is 14.9. The zero-order valence-electron chi connectivity index (χ0n) is 9.96. The van der Waals surface area contributed by atoms with E-state index in [0.717, 1.165) is 0 Å². The topological polar surface area (TPSA) is 70.8 Å². The van der Waals surface area contributed by atoms with Crippen LogP contribution in [0.1, 0.15) is 10.4 Å². The van der Waals surface area contributed by atoms with Crippen LogP contribution in [-0.4, -0.2) is 33.4 Å². The van der Waals surface area contributed by atoms with Crippen molar-refractivity contribution in [3.8, 4) is 5.75 Å². The smallest absolute Gasteiger partial charge is 0.341 e. The number of carbonyl (C=O) groups is 1. The number of methoxy groups -OCH3 is 2. The fourth-order valence-electron chi connectivity index (χ4n) is 1.29. The number of halogens is 2. The molecule has 0 unspecified atom stereocenters. The van der Waals surface area contributed by atoms with Gasteiger partial charge in [-0.2, -0.15) is 0 Å². The van der Waals surface area contributed by atoms with Crippen molar-refractivity contribution in [3.05, 3.63) is 21.7 Å². The molecule has 2 N–H and O–H groups in total. The monoisotopic (exact) mass is 293 g/mol. The predicted octanol–water partition coefficient (Wildman–Crippen LogP) is 2.39. The first-order valence-corrected chi connectivity index (χ1v) is 5.76. The van der Waals surface area contributed by atoms with Crippen molar-refractivity contribution in [1.29, 1.82) is 0 Å². The summed E-state index contributed by atoms with van der Waals surface area (Å²) in [7, 11) is 2.77. The highest BCUT2D eigenvalue weighted by molar-refractivity contribution is 6.40. The third-order valence-electron chi connectivity index (χ3n) is 2.13. The maximum atomic E-state index is 11.5. The number of rotatable bonds is 5. The molecule has 5 nitrogen and oxygen atoms in total. The summed E-state index contributed by atoms with van der Waals surface area (Å²) in [6, 6.07) is 1.39. The molecule has 0 saturated heterocycles. The lowest BCUT2D eigenvalue weighted by molar-refractivity contribution is 0.0601. The highest BCUT2D eigenvalue weighted by Gasteiger charge is 2.21. The summed E-state index contributed by atoms with van der Waals surface area (Å²) in [5.41, 5.74) is 5.85. The third kappa shape index (κ3) is 3.19. The van der Waals surface area contributed by atoms with Gasteiger partial charge in [0.25, 0.3) is 0 Å². The van der Waals surface area contributed by atoms with Crippen LogP contribution in [0.5, 0.6) is 5.75 Å². The standard InChI is InChI=1S/C11H13Cl2NO4/c1-16-3-4-18-10-6(12)5-7(14)8(9(10)13)11(15)17-2/h5H,3-4,14H2,1-2H3. The van der Waals surface area contributed by atoms with Crippen molar-refractivity contribution in [3.63, 3.8) is 0 Å². The van der Waals surface area contributed by atoms with Gasteiger partial charge in [0.15, 0.2) is 5.75 Å². The lowest BCUT2D eigenvalue weighted by Gasteiger charge is -2.13. The zero-order valence-corrected chi connectivity index (χ0v) is 11.5. The number of hydrogen-bond donors (Lipinski definition) is 1. The molecule has 7 heteroatoms. The number of benzene rings is 1. The Morgan fingerprint density at radius 3 is 2.56 bits per heavy atom. The van der Waals surface area contributed by atoms with Crippen molar-refractivity contribution in [2.24, 2.45) is 0 Å². The summed E-state index contributed by atoms with van der Waals surface area (Å²) < 4.78 is 14.8. The molecule has 1 aromatic carbocycles. The van der Waals surface area contributed by atoms with Gasteiger partial charge < -0.3 is 19.9 Å². The summed E-state index contributed by atoms with van der Waals surface area (Å²) in [6.45, 7) is 0.616.